The lowest BCUT2D eigenvalue weighted by Gasteiger charge is -2.27. The van der Waals surface area contributed by atoms with E-state index < -0.39 is 12.0 Å². The lowest BCUT2D eigenvalue weighted by Crippen LogP contribution is -2.37. The minimum atomic E-state index is -4.42. The van der Waals surface area contributed by atoms with Gasteiger partial charge in [-0.15, -0.1) is 10.2 Å². The van der Waals surface area contributed by atoms with Gasteiger partial charge in [-0.05, 0) is 19.5 Å². The summed E-state index contributed by atoms with van der Waals surface area (Å²) in [5, 5.41) is 10.3. The summed E-state index contributed by atoms with van der Waals surface area (Å²) in [6.07, 6.45) is -3.45. The highest BCUT2D eigenvalue weighted by atomic mass is 19.4. The van der Waals surface area contributed by atoms with Crippen molar-refractivity contribution in [2.45, 2.75) is 45.6 Å². The van der Waals surface area contributed by atoms with Crippen molar-refractivity contribution < 1.29 is 13.2 Å². The molecular weight excluding hydrogens is 271 g/mol. The SMILES string of the molecule is CC(C)NCCCN1CCn2c(nnc2C(F)(F)F)C1. The van der Waals surface area contributed by atoms with Gasteiger partial charge in [-0.1, -0.05) is 13.8 Å². The first-order valence-corrected chi connectivity index (χ1v) is 6.83. The van der Waals surface area contributed by atoms with Crippen LogP contribution in [0.15, 0.2) is 0 Å². The Balaban J connectivity index is 1.87. The van der Waals surface area contributed by atoms with E-state index in [1.807, 2.05) is 0 Å². The summed E-state index contributed by atoms with van der Waals surface area (Å²) >= 11 is 0. The van der Waals surface area contributed by atoms with E-state index in [9.17, 15) is 13.2 Å². The van der Waals surface area contributed by atoms with Crippen molar-refractivity contribution in [2.24, 2.45) is 0 Å². The van der Waals surface area contributed by atoms with Gasteiger partial charge in [0.15, 0.2) is 0 Å². The molecule has 20 heavy (non-hydrogen) atoms. The monoisotopic (exact) mass is 291 g/mol. The Bertz CT molecular complexity index is 441. The van der Waals surface area contributed by atoms with Crippen LogP contribution in [0.1, 0.15) is 31.9 Å². The van der Waals surface area contributed by atoms with E-state index in [0.29, 0.717) is 31.5 Å². The van der Waals surface area contributed by atoms with Gasteiger partial charge in [-0.3, -0.25) is 4.90 Å². The normalized spacial score (nSPS) is 16.7. The quantitative estimate of drug-likeness (QED) is 0.835. The first kappa shape index (κ1) is 15.2. The standard InChI is InChI=1S/C12H20F3N5/c1-9(2)16-4-3-5-19-6-7-20-10(8-19)17-18-11(20)12(13,14)15/h9,16H,3-8H2,1-2H3. The van der Waals surface area contributed by atoms with E-state index in [2.05, 4.69) is 34.3 Å². The number of aromatic nitrogens is 3. The molecule has 0 spiro atoms. The second-order valence-corrected chi connectivity index (χ2v) is 5.33. The van der Waals surface area contributed by atoms with E-state index in [0.717, 1.165) is 19.5 Å². The predicted molar refractivity (Wildman–Crippen MR) is 68.1 cm³/mol. The number of fused-ring (bicyclic) bond motifs is 1. The molecular formula is C12H20F3N5. The summed E-state index contributed by atoms with van der Waals surface area (Å²) in [5.41, 5.74) is 0. The smallest absolute Gasteiger partial charge is 0.314 e. The first-order chi connectivity index (χ1) is 9.38. The van der Waals surface area contributed by atoms with Crippen molar-refractivity contribution in [1.29, 1.82) is 0 Å². The van der Waals surface area contributed by atoms with Crippen LogP contribution in [0.25, 0.3) is 0 Å². The molecule has 0 atom stereocenters. The van der Waals surface area contributed by atoms with Crippen molar-refractivity contribution in [2.75, 3.05) is 19.6 Å². The van der Waals surface area contributed by atoms with E-state index in [1.54, 1.807) is 0 Å². The predicted octanol–water partition coefficient (Wildman–Crippen LogP) is 1.50. The molecule has 2 heterocycles. The Morgan fingerprint density at radius 3 is 2.65 bits per heavy atom. The Morgan fingerprint density at radius 2 is 2.00 bits per heavy atom. The van der Waals surface area contributed by atoms with Gasteiger partial charge >= 0.3 is 6.18 Å². The summed E-state index contributed by atoms with van der Waals surface area (Å²) < 4.78 is 39.2. The van der Waals surface area contributed by atoms with Crippen molar-refractivity contribution in [1.82, 2.24) is 25.0 Å². The van der Waals surface area contributed by atoms with Crippen LogP contribution in [0.5, 0.6) is 0 Å². The van der Waals surface area contributed by atoms with Crippen molar-refractivity contribution >= 4 is 0 Å². The third-order valence-electron chi connectivity index (χ3n) is 3.29. The molecule has 8 heteroatoms. The summed E-state index contributed by atoms with van der Waals surface area (Å²) in [4.78, 5) is 2.12. The zero-order chi connectivity index (χ0) is 14.8. The average molecular weight is 291 g/mol. The fraction of sp³-hybridized carbons (Fsp3) is 0.833. The van der Waals surface area contributed by atoms with Crippen molar-refractivity contribution in [3.05, 3.63) is 11.6 Å². The fourth-order valence-corrected chi connectivity index (χ4v) is 2.30. The Labute approximate surface area is 116 Å². The molecule has 1 aromatic heterocycles. The number of hydrogen-bond acceptors (Lipinski definition) is 4. The molecule has 1 N–H and O–H groups in total. The van der Waals surface area contributed by atoms with Crippen LogP contribution >= 0.6 is 0 Å². The summed E-state index contributed by atoms with van der Waals surface area (Å²) in [5.74, 6) is -0.478. The molecule has 0 aromatic carbocycles. The van der Waals surface area contributed by atoms with Crippen molar-refractivity contribution in [3.63, 3.8) is 0 Å². The number of hydrogen-bond donors (Lipinski definition) is 1. The fourth-order valence-electron chi connectivity index (χ4n) is 2.30. The maximum absolute atomic E-state index is 12.7. The van der Waals surface area contributed by atoms with Crippen LogP contribution in [-0.4, -0.2) is 45.3 Å². The molecule has 0 fully saturated rings. The van der Waals surface area contributed by atoms with Crippen LogP contribution in [-0.2, 0) is 19.3 Å². The average Bonchev–Trinajstić information content (AvgIpc) is 2.77. The molecule has 2 rings (SSSR count). The molecule has 0 radical (unpaired) electrons. The Morgan fingerprint density at radius 1 is 1.25 bits per heavy atom. The molecule has 0 bridgehead atoms. The van der Waals surface area contributed by atoms with Gasteiger partial charge in [-0.25, -0.2) is 0 Å². The van der Waals surface area contributed by atoms with Gasteiger partial charge in [0.05, 0.1) is 6.54 Å². The summed E-state index contributed by atoms with van der Waals surface area (Å²) in [6, 6.07) is 0.453. The van der Waals surface area contributed by atoms with Crippen LogP contribution in [0, 0.1) is 0 Å². The molecule has 0 saturated heterocycles. The molecule has 1 aliphatic heterocycles. The number of halogens is 3. The molecule has 5 nitrogen and oxygen atoms in total. The molecule has 114 valence electrons. The first-order valence-electron chi connectivity index (χ1n) is 6.83. The third kappa shape index (κ3) is 3.69. The van der Waals surface area contributed by atoms with Gasteiger partial charge in [0.2, 0.25) is 5.82 Å². The molecule has 0 unspecified atom stereocenters. The van der Waals surface area contributed by atoms with Crippen LogP contribution in [0.3, 0.4) is 0 Å². The van der Waals surface area contributed by atoms with Gasteiger partial charge in [0.1, 0.15) is 5.82 Å². The number of rotatable bonds is 5. The molecule has 0 saturated carbocycles. The largest absolute Gasteiger partial charge is 0.451 e. The van der Waals surface area contributed by atoms with Gasteiger partial charge < -0.3 is 9.88 Å². The Kier molecular flexibility index (Phi) is 4.64. The van der Waals surface area contributed by atoms with Crippen molar-refractivity contribution in [3.8, 4) is 0 Å². The van der Waals surface area contributed by atoms with Crippen LogP contribution < -0.4 is 5.32 Å². The third-order valence-corrected chi connectivity index (χ3v) is 3.29. The summed E-state index contributed by atoms with van der Waals surface area (Å²) in [6.45, 7) is 7.28. The van der Waals surface area contributed by atoms with Gasteiger partial charge in [0.25, 0.3) is 0 Å². The molecule has 0 aliphatic carbocycles. The zero-order valence-corrected chi connectivity index (χ0v) is 11.7. The van der Waals surface area contributed by atoms with Crippen LogP contribution in [0.4, 0.5) is 13.2 Å². The number of nitrogens with zero attached hydrogens (tertiary/aromatic N) is 4. The molecule has 1 aliphatic rings. The minimum absolute atomic E-state index is 0.300. The van der Waals surface area contributed by atoms with E-state index >= 15 is 0 Å². The van der Waals surface area contributed by atoms with E-state index in [1.165, 1.54) is 4.57 Å². The van der Waals surface area contributed by atoms with E-state index in [4.69, 9.17) is 0 Å². The highest BCUT2D eigenvalue weighted by molar-refractivity contribution is 5.02. The minimum Gasteiger partial charge on any atom is -0.314 e. The Hall–Kier alpha value is -1.15. The second kappa shape index (κ2) is 6.09. The second-order valence-electron chi connectivity index (χ2n) is 5.33. The van der Waals surface area contributed by atoms with Gasteiger partial charge in [-0.2, -0.15) is 13.2 Å². The molecule has 1 aromatic rings. The number of alkyl halides is 3. The zero-order valence-electron chi connectivity index (χ0n) is 11.7. The maximum atomic E-state index is 12.7. The van der Waals surface area contributed by atoms with Gasteiger partial charge in [0, 0.05) is 19.1 Å². The topological polar surface area (TPSA) is 46.0 Å². The molecule has 0 amide bonds. The summed E-state index contributed by atoms with van der Waals surface area (Å²) in [7, 11) is 0. The number of nitrogens with one attached hydrogen (secondary N) is 1. The highest BCUT2D eigenvalue weighted by Crippen LogP contribution is 2.29. The maximum Gasteiger partial charge on any atom is 0.451 e. The lowest BCUT2D eigenvalue weighted by molar-refractivity contribution is -0.148. The van der Waals surface area contributed by atoms with Crippen LogP contribution in [0.2, 0.25) is 0 Å². The lowest BCUT2D eigenvalue weighted by atomic mass is 10.3. The highest BCUT2D eigenvalue weighted by Gasteiger charge is 2.39. The van der Waals surface area contributed by atoms with E-state index in [-0.39, 0.29) is 0 Å².